The summed E-state index contributed by atoms with van der Waals surface area (Å²) in [4.78, 5) is 15.7. The molecule has 1 atom stereocenters. The van der Waals surface area contributed by atoms with E-state index in [1.807, 2.05) is 52.5 Å². The number of rotatable bonds is 7. The molecule has 1 aliphatic heterocycles. The molecule has 5 rings (SSSR count). The van der Waals surface area contributed by atoms with Crippen molar-refractivity contribution in [2.24, 2.45) is 5.10 Å². The third kappa shape index (κ3) is 4.24. The monoisotopic (exact) mass is 480 g/mol. The first-order valence-corrected chi connectivity index (χ1v) is 11.9. The number of carbonyl (C=O) groups is 1. The number of benzene rings is 1. The summed E-state index contributed by atoms with van der Waals surface area (Å²) in [7, 11) is 3.19. The summed E-state index contributed by atoms with van der Waals surface area (Å²) in [5.74, 6) is 1.50. The van der Waals surface area contributed by atoms with Crippen LogP contribution in [0.1, 0.15) is 22.9 Å². The molecule has 0 spiro atoms. The van der Waals surface area contributed by atoms with Gasteiger partial charge in [-0.3, -0.25) is 4.79 Å². The lowest BCUT2D eigenvalue weighted by Crippen LogP contribution is -2.31. The molecule has 0 saturated carbocycles. The van der Waals surface area contributed by atoms with E-state index in [4.69, 9.17) is 14.6 Å². The number of carbonyl (C=O) groups excluding carboxylic acids is 1. The molecule has 168 valence electrons. The van der Waals surface area contributed by atoms with E-state index in [1.54, 1.807) is 36.9 Å². The van der Waals surface area contributed by atoms with E-state index >= 15 is 0 Å². The van der Waals surface area contributed by atoms with Crippen LogP contribution in [0.4, 0.5) is 0 Å². The standard InChI is InChI=1S/C22H20N6O3S2/c1-30-18-6-5-14(10-19(18)31-2)17-11-16(20-4-3-8-33-20)24-28(17)21(29)12-27-25-22(23-26-27)15-7-9-32-13-15/h3-10,13,17H,11-12H2,1-2H3/t17-/m0/s1. The van der Waals surface area contributed by atoms with Crippen LogP contribution < -0.4 is 9.47 Å². The van der Waals surface area contributed by atoms with Gasteiger partial charge in [-0.15, -0.1) is 21.5 Å². The highest BCUT2D eigenvalue weighted by Gasteiger charge is 2.34. The normalized spacial score (nSPS) is 15.5. The summed E-state index contributed by atoms with van der Waals surface area (Å²) in [6.07, 6.45) is 0.590. The number of hydrogen-bond acceptors (Lipinski definition) is 9. The quantitative estimate of drug-likeness (QED) is 0.399. The average Bonchev–Trinajstić information content (AvgIpc) is 3.63. The Hall–Kier alpha value is -3.57. The molecule has 1 aromatic carbocycles. The van der Waals surface area contributed by atoms with Crippen LogP contribution >= 0.6 is 22.7 Å². The molecule has 33 heavy (non-hydrogen) atoms. The molecule has 0 aliphatic carbocycles. The molecular formula is C22H20N6O3S2. The van der Waals surface area contributed by atoms with Crippen molar-refractivity contribution in [2.45, 2.75) is 19.0 Å². The highest BCUT2D eigenvalue weighted by molar-refractivity contribution is 7.12. The van der Waals surface area contributed by atoms with Crippen LogP contribution in [0.15, 0.2) is 57.6 Å². The first kappa shape index (κ1) is 21.3. The van der Waals surface area contributed by atoms with Gasteiger partial charge < -0.3 is 9.47 Å². The Balaban J connectivity index is 1.43. The molecule has 4 aromatic rings. The number of hydrogen-bond donors (Lipinski definition) is 0. The lowest BCUT2D eigenvalue weighted by atomic mass is 10.0. The van der Waals surface area contributed by atoms with Crippen LogP contribution in [-0.4, -0.2) is 51.1 Å². The zero-order valence-electron chi connectivity index (χ0n) is 17.9. The molecule has 0 unspecified atom stereocenters. The SMILES string of the molecule is COc1ccc([C@@H]2CC(c3cccs3)=NN2C(=O)Cn2nnc(-c3ccsc3)n2)cc1OC. The predicted octanol–water partition coefficient (Wildman–Crippen LogP) is 3.86. The second kappa shape index (κ2) is 9.12. The van der Waals surface area contributed by atoms with Crippen molar-refractivity contribution in [1.82, 2.24) is 25.2 Å². The molecule has 0 bridgehead atoms. The lowest BCUT2D eigenvalue weighted by Gasteiger charge is -2.22. The maximum absolute atomic E-state index is 13.3. The number of hydrazone groups is 1. The van der Waals surface area contributed by atoms with E-state index in [2.05, 4.69) is 15.4 Å². The number of methoxy groups -OCH3 is 2. The van der Waals surface area contributed by atoms with Crippen LogP contribution in [0.25, 0.3) is 11.4 Å². The van der Waals surface area contributed by atoms with Crippen LogP contribution in [0.3, 0.4) is 0 Å². The van der Waals surface area contributed by atoms with Crippen LogP contribution in [-0.2, 0) is 11.3 Å². The Morgan fingerprint density at radius 3 is 2.76 bits per heavy atom. The lowest BCUT2D eigenvalue weighted by molar-refractivity contribution is -0.134. The molecule has 9 nitrogen and oxygen atoms in total. The number of amides is 1. The topological polar surface area (TPSA) is 94.7 Å². The zero-order valence-corrected chi connectivity index (χ0v) is 19.5. The maximum Gasteiger partial charge on any atom is 0.266 e. The fourth-order valence-electron chi connectivity index (χ4n) is 3.66. The number of thiophene rings is 2. The maximum atomic E-state index is 13.3. The highest BCUT2D eigenvalue weighted by Crippen LogP contribution is 2.38. The minimum absolute atomic E-state index is 0.0673. The van der Waals surface area contributed by atoms with Crippen molar-refractivity contribution < 1.29 is 14.3 Å². The molecule has 0 radical (unpaired) electrons. The molecule has 0 saturated heterocycles. The van der Waals surface area contributed by atoms with Gasteiger partial charge in [-0.25, -0.2) is 5.01 Å². The van der Waals surface area contributed by atoms with Gasteiger partial charge in [0, 0.05) is 17.4 Å². The van der Waals surface area contributed by atoms with Gasteiger partial charge in [-0.1, -0.05) is 12.1 Å². The first-order chi connectivity index (χ1) is 16.2. The van der Waals surface area contributed by atoms with Crippen molar-refractivity contribution in [3.63, 3.8) is 0 Å². The van der Waals surface area contributed by atoms with Crippen LogP contribution in [0.5, 0.6) is 11.5 Å². The Bertz CT molecular complexity index is 1280. The largest absolute Gasteiger partial charge is 0.493 e. The molecule has 0 fully saturated rings. The van der Waals surface area contributed by atoms with E-state index in [0.717, 1.165) is 21.7 Å². The summed E-state index contributed by atoms with van der Waals surface area (Å²) in [5.41, 5.74) is 2.64. The van der Waals surface area contributed by atoms with Crippen molar-refractivity contribution in [3.05, 3.63) is 63.0 Å². The number of tetrazole rings is 1. The van der Waals surface area contributed by atoms with E-state index in [-0.39, 0.29) is 18.5 Å². The van der Waals surface area contributed by atoms with E-state index in [0.29, 0.717) is 23.7 Å². The highest BCUT2D eigenvalue weighted by atomic mass is 32.1. The van der Waals surface area contributed by atoms with E-state index in [1.165, 1.54) is 9.81 Å². The number of ether oxygens (including phenoxy) is 2. The van der Waals surface area contributed by atoms with Gasteiger partial charge >= 0.3 is 0 Å². The summed E-state index contributed by atoms with van der Waals surface area (Å²) in [5, 5.41) is 24.6. The van der Waals surface area contributed by atoms with Crippen molar-refractivity contribution in [1.29, 1.82) is 0 Å². The second-order valence-corrected chi connectivity index (χ2v) is 8.98. The summed E-state index contributed by atoms with van der Waals surface area (Å²) < 4.78 is 10.8. The van der Waals surface area contributed by atoms with Gasteiger partial charge in [-0.05, 0) is 45.8 Å². The van der Waals surface area contributed by atoms with Gasteiger partial charge in [-0.2, -0.15) is 21.2 Å². The third-order valence-corrected chi connectivity index (χ3v) is 6.87. The summed E-state index contributed by atoms with van der Waals surface area (Å²) >= 11 is 3.15. The van der Waals surface area contributed by atoms with E-state index < -0.39 is 0 Å². The third-order valence-electron chi connectivity index (χ3n) is 5.27. The van der Waals surface area contributed by atoms with Gasteiger partial charge in [0.05, 0.1) is 30.9 Å². The number of nitrogens with zero attached hydrogens (tertiary/aromatic N) is 6. The average molecular weight is 481 g/mol. The second-order valence-electron chi connectivity index (χ2n) is 7.25. The van der Waals surface area contributed by atoms with Gasteiger partial charge in [0.15, 0.2) is 11.5 Å². The Kier molecular flexibility index (Phi) is 5.88. The van der Waals surface area contributed by atoms with Gasteiger partial charge in [0.2, 0.25) is 5.82 Å². The van der Waals surface area contributed by atoms with Crippen molar-refractivity contribution in [2.75, 3.05) is 14.2 Å². The molecule has 1 aliphatic rings. The number of aromatic nitrogens is 4. The molecule has 11 heteroatoms. The smallest absolute Gasteiger partial charge is 0.266 e. The molecule has 1 amide bonds. The van der Waals surface area contributed by atoms with Gasteiger partial charge in [0.25, 0.3) is 5.91 Å². The fraction of sp³-hybridized carbons (Fsp3) is 0.227. The minimum atomic E-state index is -0.283. The van der Waals surface area contributed by atoms with E-state index in [9.17, 15) is 4.79 Å². The Morgan fingerprint density at radius 2 is 2.03 bits per heavy atom. The first-order valence-electron chi connectivity index (χ1n) is 10.1. The van der Waals surface area contributed by atoms with Crippen LogP contribution in [0.2, 0.25) is 0 Å². The Morgan fingerprint density at radius 1 is 1.15 bits per heavy atom. The van der Waals surface area contributed by atoms with Gasteiger partial charge in [0.1, 0.15) is 6.54 Å². The summed E-state index contributed by atoms with van der Waals surface area (Å²) in [6, 6.07) is 11.3. The molecule has 4 heterocycles. The molecular weight excluding hydrogens is 460 g/mol. The summed E-state index contributed by atoms with van der Waals surface area (Å²) in [6.45, 7) is -0.0673. The van der Waals surface area contributed by atoms with Crippen LogP contribution in [0, 0.1) is 0 Å². The zero-order chi connectivity index (χ0) is 22.8. The predicted molar refractivity (Wildman–Crippen MR) is 126 cm³/mol. The minimum Gasteiger partial charge on any atom is -0.493 e. The molecule has 0 N–H and O–H groups in total. The van der Waals surface area contributed by atoms with Crippen molar-refractivity contribution in [3.8, 4) is 22.9 Å². The molecule has 3 aromatic heterocycles. The van der Waals surface area contributed by atoms with Crippen molar-refractivity contribution >= 4 is 34.3 Å². The Labute approximate surface area is 197 Å². The fourth-order valence-corrected chi connectivity index (χ4v) is 5.02.